The number of carbonyl (C=O) groups excluding carboxylic acids is 1. The lowest BCUT2D eigenvalue weighted by Gasteiger charge is -2.28. The van der Waals surface area contributed by atoms with Gasteiger partial charge in [0.25, 0.3) is 0 Å². The fourth-order valence-electron chi connectivity index (χ4n) is 1.34. The van der Waals surface area contributed by atoms with E-state index in [-0.39, 0.29) is 17.4 Å². The number of hydrogen-bond acceptors (Lipinski definition) is 3. The lowest BCUT2D eigenvalue weighted by atomic mass is 9.85. The third kappa shape index (κ3) is 3.82. The Labute approximate surface area is 103 Å². The van der Waals surface area contributed by atoms with Gasteiger partial charge >= 0.3 is 0 Å². The highest BCUT2D eigenvalue weighted by atomic mass is 16.2. The van der Waals surface area contributed by atoms with Crippen LogP contribution in [0.3, 0.4) is 0 Å². The van der Waals surface area contributed by atoms with Gasteiger partial charge in [-0.2, -0.15) is 0 Å². The Morgan fingerprint density at radius 2 is 1.94 bits per heavy atom. The van der Waals surface area contributed by atoms with E-state index in [4.69, 9.17) is 5.73 Å². The van der Waals surface area contributed by atoms with Crippen molar-refractivity contribution in [3.8, 4) is 0 Å². The molecule has 1 heterocycles. The molecule has 4 nitrogen and oxygen atoms in total. The van der Waals surface area contributed by atoms with Gasteiger partial charge in [0.05, 0.1) is 0 Å². The summed E-state index contributed by atoms with van der Waals surface area (Å²) < 4.78 is 0. The minimum Gasteiger partial charge on any atom is -0.327 e. The first kappa shape index (κ1) is 13.6. The third-order valence-electron chi connectivity index (χ3n) is 2.93. The second-order valence-electron chi connectivity index (χ2n) is 5.33. The number of carbonyl (C=O) groups is 1. The molecular formula is C13H21N3O. The van der Waals surface area contributed by atoms with Gasteiger partial charge in [0, 0.05) is 37.6 Å². The van der Waals surface area contributed by atoms with Crippen molar-refractivity contribution >= 4 is 11.6 Å². The molecule has 0 aliphatic rings. The van der Waals surface area contributed by atoms with E-state index < -0.39 is 0 Å². The third-order valence-corrected chi connectivity index (χ3v) is 2.93. The molecule has 0 bridgehead atoms. The molecule has 1 unspecified atom stereocenters. The Morgan fingerprint density at radius 3 is 2.41 bits per heavy atom. The van der Waals surface area contributed by atoms with Gasteiger partial charge < -0.3 is 10.6 Å². The molecule has 0 fully saturated rings. The number of aromatic nitrogens is 1. The Morgan fingerprint density at radius 1 is 1.41 bits per heavy atom. The quantitative estimate of drug-likeness (QED) is 0.869. The molecule has 0 spiro atoms. The number of nitrogens with zero attached hydrogens (tertiary/aromatic N) is 2. The molecule has 1 aromatic rings. The predicted molar refractivity (Wildman–Crippen MR) is 69.7 cm³/mol. The van der Waals surface area contributed by atoms with Crippen molar-refractivity contribution in [1.82, 2.24) is 4.98 Å². The average molecular weight is 235 g/mol. The maximum absolute atomic E-state index is 12.0. The SMILES string of the molecule is CN(C(=O)CC(N)C(C)(C)C)c1ccncc1. The van der Waals surface area contributed by atoms with Crippen molar-refractivity contribution in [2.75, 3.05) is 11.9 Å². The molecule has 0 radical (unpaired) electrons. The van der Waals surface area contributed by atoms with Gasteiger partial charge in [0.1, 0.15) is 0 Å². The zero-order chi connectivity index (χ0) is 13.1. The van der Waals surface area contributed by atoms with E-state index in [1.165, 1.54) is 0 Å². The van der Waals surface area contributed by atoms with Crippen LogP contribution in [0.25, 0.3) is 0 Å². The second kappa shape index (κ2) is 5.27. The van der Waals surface area contributed by atoms with Crippen LogP contribution >= 0.6 is 0 Å². The van der Waals surface area contributed by atoms with E-state index in [9.17, 15) is 4.79 Å². The van der Waals surface area contributed by atoms with Crippen LogP contribution in [0.1, 0.15) is 27.2 Å². The molecule has 2 N–H and O–H groups in total. The van der Waals surface area contributed by atoms with E-state index in [0.29, 0.717) is 6.42 Å². The molecule has 1 aromatic heterocycles. The van der Waals surface area contributed by atoms with Gasteiger partial charge in [-0.15, -0.1) is 0 Å². The Hall–Kier alpha value is -1.42. The highest BCUT2D eigenvalue weighted by Gasteiger charge is 2.24. The maximum atomic E-state index is 12.0. The predicted octanol–water partition coefficient (Wildman–Crippen LogP) is 1.81. The van der Waals surface area contributed by atoms with Crippen LogP contribution in [-0.4, -0.2) is 24.0 Å². The monoisotopic (exact) mass is 235 g/mol. The molecule has 1 atom stereocenters. The fourth-order valence-corrected chi connectivity index (χ4v) is 1.34. The summed E-state index contributed by atoms with van der Waals surface area (Å²) in [5.74, 6) is 0.0265. The number of rotatable bonds is 3. The molecule has 1 amide bonds. The highest BCUT2D eigenvalue weighted by molar-refractivity contribution is 5.93. The molecule has 0 aliphatic carbocycles. The maximum Gasteiger partial charge on any atom is 0.228 e. The smallest absolute Gasteiger partial charge is 0.228 e. The first-order valence-corrected chi connectivity index (χ1v) is 5.74. The summed E-state index contributed by atoms with van der Waals surface area (Å²) in [7, 11) is 1.76. The summed E-state index contributed by atoms with van der Waals surface area (Å²) in [6.45, 7) is 6.12. The minimum atomic E-state index is -0.140. The van der Waals surface area contributed by atoms with Crippen molar-refractivity contribution in [2.24, 2.45) is 11.1 Å². The summed E-state index contributed by atoms with van der Waals surface area (Å²) in [5.41, 5.74) is 6.79. The van der Waals surface area contributed by atoms with Crippen LogP contribution in [-0.2, 0) is 4.79 Å². The van der Waals surface area contributed by atoms with Crippen LogP contribution in [0, 0.1) is 5.41 Å². The van der Waals surface area contributed by atoms with Gasteiger partial charge in [-0.25, -0.2) is 0 Å². The zero-order valence-electron chi connectivity index (χ0n) is 11.0. The van der Waals surface area contributed by atoms with E-state index in [1.54, 1.807) is 36.5 Å². The number of nitrogens with two attached hydrogens (primary N) is 1. The highest BCUT2D eigenvalue weighted by Crippen LogP contribution is 2.21. The van der Waals surface area contributed by atoms with E-state index >= 15 is 0 Å². The van der Waals surface area contributed by atoms with Crippen molar-refractivity contribution in [3.05, 3.63) is 24.5 Å². The number of pyridine rings is 1. The van der Waals surface area contributed by atoms with Crippen LogP contribution in [0.2, 0.25) is 0 Å². The van der Waals surface area contributed by atoms with Crippen molar-refractivity contribution in [2.45, 2.75) is 33.2 Å². The van der Waals surface area contributed by atoms with Gasteiger partial charge in [0.15, 0.2) is 0 Å². The minimum absolute atomic E-state index is 0.0265. The standard InChI is InChI=1S/C13H21N3O/c1-13(2,3)11(14)9-12(17)16(4)10-5-7-15-8-6-10/h5-8,11H,9,14H2,1-4H3. The summed E-state index contributed by atoms with van der Waals surface area (Å²) >= 11 is 0. The molecule has 0 aromatic carbocycles. The van der Waals surface area contributed by atoms with Gasteiger partial charge in [-0.05, 0) is 17.5 Å². The molecule has 94 valence electrons. The lowest BCUT2D eigenvalue weighted by Crippen LogP contribution is -2.40. The fraction of sp³-hybridized carbons (Fsp3) is 0.538. The van der Waals surface area contributed by atoms with E-state index in [1.807, 2.05) is 20.8 Å². The Kier molecular flexibility index (Phi) is 4.23. The first-order chi connectivity index (χ1) is 7.82. The first-order valence-electron chi connectivity index (χ1n) is 5.74. The topological polar surface area (TPSA) is 59.2 Å². The van der Waals surface area contributed by atoms with Gasteiger partial charge in [-0.1, -0.05) is 20.8 Å². The van der Waals surface area contributed by atoms with Crippen LogP contribution < -0.4 is 10.6 Å². The van der Waals surface area contributed by atoms with E-state index in [0.717, 1.165) is 5.69 Å². The number of anilines is 1. The van der Waals surface area contributed by atoms with Crippen molar-refractivity contribution in [1.29, 1.82) is 0 Å². The Bertz CT molecular complexity index is 370. The zero-order valence-corrected chi connectivity index (χ0v) is 11.0. The molecule has 0 saturated heterocycles. The summed E-state index contributed by atoms with van der Waals surface area (Å²) in [6.07, 6.45) is 3.69. The second-order valence-corrected chi connectivity index (χ2v) is 5.33. The molecule has 0 aliphatic heterocycles. The van der Waals surface area contributed by atoms with Crippen LogP contribution in [0.5, 0.6) is 0 Å². The number of hydrogen-bond donors (Lipinski definition) is 1. The average Bonchev–Trinajstić information content (AvgIpc) is 2.27. The molecule has 17 heavy (non-hydrogen) atoms. The Balaban J connectivity index is 2.66. The molecular weight excluding hydrogens is 214 g/mol. The normalized spacial score (nSPS) is 13.2. The largest absolute Gasteiger partial charge is 0.327 e. The van der Waals surface area contributed by atoms with E-state index in [2.05, 4.69) is 4.98 Å². The number of amides is 1. The molecule has 4 heteroatoms. The van der Waals surface area contributed by atoms with Crippen molar-refractivity contribution in [3.63, 3.8) is 0 Å². The van der Waals surface area contributed by atoms with Gasteiger partial charge in [0.2, 0.25) is 5.91 Å². The van der Waals surface area contributed by atoms with Crippen LogP contribution in [0.4, 0.5) is 5.69 Å². The van der Waals surface area contributed by atoms with Crippen LogP contribution in [0.15, 0.2) is 24.5 Å². The lowest BCUT2D eigenvalue weighted by molar-refractivity contribution is -0.119. The molecule has 0 saturated carbocycles. The van der Waals surface area contributed by atoms with Crippen molar-refractivity contribution < 1.29 is 4.79 Å². The van der Waals surface area contributed by atoms with Gasteiger partial charge in [-0.3, -0.25) is 9.78 Å². The summed E-state index contributed by atoms with van der Waals surface area (Å²) in [6, 6.07) is 3.47. The summed E-state index contributed by atoms with van der Waals surface area (Å²) in [5, 5.41) is 0. The summed E-state index contributed by atoms with van der Waals surface area (Å²) in [4.78, 5) is 17.6. The molecule has 1 rings (SSSR count).